The Kier molecular flexibility index (Phi) is 12.4. The molecular weight excluding hydrogens is 534 g/mol. The van der Waals surface area contributed by atoms with Crippen LogP contribution in [0, 0.1) is 5.41 Å². The number of aliphatic carboxylic acids is 2. The molecule has 2 rings (SSSR count). The highest BCUT2D eigenvalue weighted by Crippen LogP contribution is 2.29. The summed E-state index contributed by atoms with van der Waals surface area (Å²) in [4.78, 5) is 48.7. The molecule has 224 valence electrons. The summed E-state index contributed by atoms with van der Waals surface area (Å²) in [5, 5.41) is 21.5. The van der Waals surface area contributed by atoms with Crippen molar-refractivity contribution in [3.63, 3.8) is 0 Å². The number of fused-ring (bicyclic) bond motifs is 1. The molecule has 0 aliphatic heterocycles. The van der Waals surface area contributed by atoms with E-state index in [2.05, 4.69) is 5.32 Å². The summed E-state index contributed by atoms with van der Waals surface area (Å²) in [6.45, 7) is 1.18. The number of carbonyl (C=O) groups is 3. The first kappa shape index (κ1) is 32.9. The van der Waals surface area contributed by atoms with Crippen molar-refractivity contribution in [3.8, 4) is 5.75 Å². The number of nitrogens with one attached hydrogen (secondary N) is 1. The third-order valence-corrected chi connectivity index (χ3v) is 7.00. The average Bonchev–Trinajstić information content (AvgIpc) is 3.10. The van der Waals surface area contributed by atoms with Crippen molar-refractivity contribution in [1.82, 2.24) is 5.32 Å². The van der Waals surface area contributed by atoms with Gasteiger partial charge in [0, 0.05) is 6.42 Å². The molecule has 1 amide bonds. The molecule has 0 radical (unpaired) electrons. The van der Waals surface area contributed by atoms with Crippen LogP contribution in [0.15, 0.2) is 52.4 Å². The highest BCUT2D eigenvalue weighted by molar-refractivity contribution is 5.97. The van der Waals surface area contributed by atoms with Crippen molar-refractivity contribution in [2.24, 2.45) is 5.41 Å². The molecule has 0 bridgehead atoms. The predicted molar refractivity (Wildman–Crippen MR) is 151 cm³/mol. The van der Waals surface area contributed by atoms with Crippen molar-refractivity contribution in [1.29, 1.82) is 0 Å². The van der Waals surface area contributed by atoms with Crippen molar-refractivity contribution in [3.05, 3.63) is 69.0 Å². The zero-order chi connectivity index (χ0) is 30.6. The molecule has 0 saturated carbocycles. The number of allylic oxidation sites excluding steroid dienone is 2. The van der Waals surface area contributed by atoms with E-state index in [4.69, 9.17) is 18.9 Å². The van der Waals surface area contributed by atoms with Crippen LogP contribution in [-0.4, -0.2) is 56.5 Å². The number of carbonyl (C=O) groups excluding carboxylic acids is 1. The molecule has 11 heteroatoms. The molecule has 0 saturated heterocycles. The lowest BCUT2D eigenvalue weighted by Crippen LogP contribution is -2.36. The Morgan fingerprint density at radius 2 is 1.68 bits per heavy atom. The standard InChI is InChI=1S/C30H39NO10/c1-30(28(34)35,29(36)37)16-10-6-7-13-26(33)31-21-11-8-9-12-24(39-3)27(41-5)25(40-4)17-19-14-15-23(38-2)22(32)18-20(19)21/h9,12,14-15,17-18,21H,6-8,10-11,13,16H2,1-5H3,(H,31,33)(H,34,35)(H,36,37)/t21-/m0/s1. The maximum Gasteiger partial charge on any atom is 0.320 e. The average molecular weight is 574 g/mol. The second-order valence-corrected chi connectivity index (χ2v) is 9.74. The summed E-state index contributed by atoms with van der Waals surface area (Å²) < 4.78 is 21.9. The van der Waals surface area contributed by atoms with Crippen LogP contribution in [0.2, 0.25) is 0 Å². The molecule has 0 aromatic heterocycles. The van der Waals surface area contributed by atoms with Gasteiger partial charge < -0.3 is 34.5 Å². The first-order chi connectivity index (χ1) is 19.5. The van der Waals surface area contributed by atoms with Crippen molar-refractivity contribution in [2.45, 2.75) is 57.9 Å². The topological polar surface area (TPSA) is 158 Å². The number of hydrogen-bond donors (Lipinski definition) is 3. The van der Waals surface area contributed by atoms with Crippen LogP contribution in [0.3, 0.4) is 0 Å². The van der Waals surface area contributed by atoms with Crippen LogP contribution in [0.25, 0.3) is 6.08 Å². The molecule has 1 aromatic carbocycles. The van der Waals surface area contributed by atoms with Crippen LogP contribution < -0.4 is 15.5 Å². The molecule has 0 spiro atoms. The van der Waals surface area contributed by atoms with Crippen LogP contribution in [-0.2, 0) is 28.6 Å². The number of hydrogen-bond acceptors (Lipinski definition) is 8. The Balaban J connectivity index is 2.35. The van der Waals surface area contributed by atoms with Gasteiger partial charge in [0.1, 0.15) is 0 Å². The van der Waals surface area contributed by atoms with E-state index in [9.17, 15) is 29.4 Å². The third-order valence-electron chi connectivity index (χ3n) is 7.00. The largest absolute Gasteiger partial charge is 0.493 e. The smallest absolute Gasteiger partial charge is 0.320 e. The second kappa shape index (κ2) is 15.5. The predicted octanol–water partition coefficient (Wildman–Crippen LogP) is 4.18. The summed E-state index contributed by atoms with van der Waals surface area (Å²) in [7, 11) is 5.90. The maximum absolute atomic E-state index is 13.0. The number of ether oxygens (including phenoxy) is 4. The number of rotatable bonds is 13. The molecule has 0 heterocycles. The zero-order valence-electron chi connectivity index (χ0n) is 24.2. The van der Waals surface area contributed by atoms with Gasteiger partial charge in [-0.25, -0.2) is 0 Å². The Hall–Kier alpha value is -4.28. The van der Waals surface area contributed by atoms with Gasteiger partial charge in [-0.15, -0.1) is 0 Å². The zero-order valence-corrected chi connectivity index (χ0v) is 24.2. The summed E-state index contributed by atoms with van der Waals surface area (Å²) >= 11 is 0. The van der Waals surface area contributed by atoms with Gasteiger partial charge in [0.05, 0.1) is 34.5 Å². The van der Waals surface area contributed by atoms with E-state index in [1.807, 2.05) is 6.08 Å². The van der Waals surface area contributed by atoms with Crippen molar-refractivity contribution < 1.29 is 43.5 Å². The van der Waals surface area contributed by atoms with Gasteiger partial charge in [-0.1, -0.05) is 25.0 Å². The third kappa shape index (κ3) is 8.60. The molecule has 1 atom stereocenters. The molecule has 3 N–H and O–H groups in total. The van der Waals surface area contributed by atoms with E-state index >= 15 is 0 Å². The van der Waals surface area contributed by atoms with E-state index in [1.165, 1.54) is 41.4 Å². The fourth-order valence-electron chi connectivity index (χ4n) is 4.43. The molecule has 11 nitrogen and oxygen atoms in total. The van der Waals surface area contributed by atoms with Crippen LogP contribution in [0.5, 0.6) is 5.75 Å². The number of unbranched alkanes of at least 4 members (excludes halogenated alkanes) is 2. The first-order valence-corrected chi connectivity index (χ1v) is 13.3. The number of amides is 1. The van der Waals surface area contributed by atoms with E-state index in [1.54, 1.807) is 24.3 Å². The van der Waals surface area contributed by atoms with Crippen molar-refractivity contribution >= 4 is 23.9 Å². The Bertz CT molecular complexity index is 1250. The lowest BCUT2D eigenvalue weighted by Gasteiger charge is -2.21. The lowest BCUT2D eigenvalue weighted by molar-refractivity contribution is -0.163. The molecule has 0 unspecified atom stereocenters. The number of carboxylic acid groups (broad SMARTS) is 2. The van der Waals surface area contributed by atoms with Gasteiger partial charge in [0.2, 0.25) is 17.1 Å². The van der Waals surface area contributed by atoms with E-state index < -0.39 is 23.4 Å². The summed E-state index contributed by atoms with van der Waals surface area (Å²) in [5.74, 6) is -1.77. The van der Waals surface area contributed by atoms with Crippen LogP contribution in [0.1, 0.15) is 69.0 Å². The second-order valence-electron chi connectivity index (χ2n) is 9.74. The van der Waals surface area contributed by atoms with E-state index in [0.29, 0.717) is 60.5 Å². The molecule has 41 heavy (non-hydrogen) atoms. The van der Waals surface area contributed by atoms with Crippen molar-refractivity contribution in [2.75, 3.05) is 28.4 Å². The molecular formula is C30H39NO10. The van der Waals surface area contributed by atoms with Gasteiger partial charge in [0.15, 0.2) is 22.7 Å². The first-order valence-electron chi connectivity index (χ1n) is 13.3. The van der Waals surface area contributed by atoms with Gasteiger partial charge >= 0.3 is 11.9 Å². The fourth-order valence-corrected chi connectivity index (χ4v) is 4.43. The number of methoxy groups -OCH3 is 4. The molecule has 0 fully saturated rings. The molecule has 1 aliphatic carbocycles. The highest BCUT2D eigenvalue weighted by Gasteiger charge is 2.40. The summed E-state index contributed by atoms with van der Waals surface area (Å²) in [6, 6.07) is 4.16. The minimum absolute atomic E-state index is 0.0403. The van der Waals surface area contributed by atoms with E-state index in [0.717, 1.165) is 0 Å². The molecule has 1 aromatic rings. The number of carboxylic acids is 2. The Morgan fingerprint density at radius 3 is 2.27 bits per heavy atom. The fraction of sp³-hybridized carbons (Fsp3) is 0.467. The quantitative estimate of drug-likeness (QED) is 0.231. The minimum Gasteiger partial charge on any atom is -0.493 e. The summed E-state index contributed by atoms with van der Waals surface area (Å²) in [6.07, 6.45) is 7.70. The van der Waals surface area contributed by atoms with E-state index in [-0.39, 0.29) is 29.9 Å². The van der Waals surface area contributed by atoms with Crippen LogP contribution in [0.4, 0.5) is 0 Å². The highest BCUT2D eigenvalue weighted by atomic mass is 16.5. The van der Waals surface area contributed by atoms with Gasteiger partial charge in [-0.3, -0.25) is 19.2 Å². The molecule has 1 aliphatic rings. The van der Waals surface area contributed by atoms with Gasteiger partial charge in [-0.2, -0.15) is 0 Å². The minimum atomic E-state index is -1.87. The maximum atomic E-state index is 13.0. The SMILES string of the molecule is COC1=Cc2ccc(OC)c(=O)cc2[C@@H](NC(=O)CCCCCC(C)(C(=O)O)C(=O)O)CCC=CC(OC)=C1OC. The van der Waals surface area contributed by atoms with Crippen LogP contribution >= 0.6 is 0 Å². The summed E-state index contributed by atoms with van der Waals surface area (Å²) in [5.41, 5.74) is -1.06. The monoisotopic (exact) mass is 573 g/mol. The Labute approximate surface area is 239 Å². The van der Waals surface area contributed by atoms with Gasteiger partial charge in [0.25, 0.3) is 0 Å². The van der Waals surface area contributed by atoms with Gasteiger partial charge in [-0.05, 0) is 68.0 Å². The normalized spacial score (nSPS) is 15.5. The Morgan fingerprint density at radius 1 is 0.976 bits per heavy atom. The lowest BCUT2D eigenvalue weighted by atomic mass is 9.85.